The number of aromatic amines is 1. The highest BCUT2D eigenvalue weighted by atomic mass is 16.4. The molecule has 2 atom stereocenters. The predicted molar refractivity (Wildman–Crippen MR) is 68.7 cm³/mol. The van der Waals surface area contributed by atoms with Crippen LogP contribution in [0.1, 0.15) is 25.7 Å². The van der Waals surface area contributed by atoms with Gasteiger partial charge in [-0.3, -0.25) is 9.89 Å². The lowest BCUT2D eigenvalue weighted by atomic mass is 9.79. The standard InChI is InChI=1S/C12H18N4O3/c17-11(18)10-4-2-1-3-8(10)5-13-12(19)16-9-6-14-15-7-9/h6-8,10H,1-5H2,(H,14,15)(H,17,18)(H2,13,16,19). The lowest BCUT2D eigenvalue weighted by molar-refractivity contribution is -0.144. The third-order valence-electron chi connectivity index (χ3n) is 3.51. The molecule has 0 aliphatic heterocycles. The summed E-state index contributed by atoms with van der Waals surface area (Å²) in [5, 5.41) is 20.8. The number of carboxylic acid groups (broad SMARTS) is 1. The first-order valence-corrected chi connectivity index (χ1v) is 6.43. The molecule has 1 aliphatic rings. The van der Waals surface area contributed by atoms with Crippen LogP contribution in [0.3, 0.4) is 0 Å². The normalized spacial score (nSPS) is 22.7. The van der Waals surface area contributed by atoms with Crippen LogP contribution in [0.4, 0.5) is 10.5 Å². The van der Waals surface area contributed by atoms with Gasteiger partial charge in [-0.25, -0.2) is 4.79 Å². The average molecular weight is 266 g/mol. The summed E-state index contributed by atoms with van der Waals surface area (Å²) in [6.07, 6.45) is 6.60. The van der Waals surface area contributed by atoms with Crippen molar-refractivity contribution in [3.8, 4) is 0 Å². The second-order valence-corrected chi connectivity index (χ2v) is 4.81. The monoisotopic (exact) mass is 266 g/mol. The third-order valence-corrected chi connectivity index (χ3v) is 3.51. The van der Waals surface area contributed by atoms with Crippen LogP contribution in [0, 0.1) is 11.8 Å². The smallest absolute Gasteiger partial charge is 0.319 e. The van der Waals surface area contributed by atoms with Crippen molar-refractivity contribution in [2.24, 2.45) is 11.8 Å². The fourth-order valence-electron chi connectivity index (χ4n) is 2.50. The zero-order valence-corrected chi connectivity index (χ0v) is 10.6. The van der Waals surface area contributed by atoms with Crippen molar-refractivity contribution in [2.75, 3.05) is 11.9 Å². The van der Waals surface area contributed by atoms with E-state index in [9.17, 15) is 9.59 Å². The maximum Gasteiger partial charge on any atom is 0.319 e. The molecule has 0 saturated heterocycles. The highest BCUT2D eigenvalue weighted by Gasteiger charge is 2.30. The number of carboxylic acids is 1. The lowest BCUT2D eigenvalue weighted by Gasteiger charge is -2.28. The second kappa shape index (κ2) is 6.21. The van der Waals surface area contributed by atoms with Gasteiger partial charge in [0.1, 0.15) is 0 Å². The minimum absolute atomic E-state index is 0.0151. The van der Waals surface area contributed by atoms with E-state index in [0.717, 1.165) is 19.3 Å². The number of carbonyl (C=O) groups is 2. The largest absolute Gasteiger partial charge is 0.481 e. The Hall–Kier alpha value is -2.05. The molecule has 7 heteroatoms. The summed E-state index contributed by atoms with van der Waals surface area (Å²) < 4.78 is 0. The van der Waals surface area contributed by atoms with Crippen LogP contribution in [0.15, 0.2) is 12.4 Å². The molecule has 4 N–H and O–H groups in total. The number of carbonyl (C=O) groups excluding carboxylic acids is 1. The molecule has 7 nitrogen and oxygen atoms in total. The van der Waals surface area contributed by atoms with E-state index in [4.69, 9.17) is 5.11 Å². The number of urea groups is 1. The summed E-state index contributed by atoms with van der Waals surface area (Å²) in [5.74, 6) is -1.09. The first kappa shape index (κ1) is 13.4. The fraction of sp³-hybridized carbons (Fsp3) is 0.583. The van der Waals surface area contributed by atoms with E-state index in [1.54, 1.807) is 6.20 Å². The van der Waals surface area contributed by atoms with Gasteiger partial charge >= 0.3 is 12.0 Å². The Balaban J connectivity index is 1.80. The van der Waals surface area contributed by atoms with Crippen LogP contribution in [-0.4, -0.2) is 33.8 Å². The van der Waals surface area contributed by atoms with Gasteiger partial charge < -0.3 is 15.7 Å². The number of nitrogens with zero attached hydrogens (tertiary/aromatic N) is 1. The van der Waals surface area contributed by atoms with Gasteiger partial charge in [0, 0.05) is 12.7 Å². The van der Waals surface area contributed by atoms with E-state index in [1.165, 1.54) is 6.20 Å². The highest BCUT2D eigenvalue weighted by Crippen LogP contribution is 2.29. The number of nitrogens with one attached hydrogen (secondary N) is 3. The molecule has 2 amide bonds. The summed E-state index contributed by atoms with van der Waals surface area (Å²) in [6, 6.07) is -0.337. The minimum atomic E-state index is -0.762. The van der Waals surface area contributed by atoms with Crippen LogP contribution >= 0.6 is 0 Å². The third kappa shape index (κ3) is 3.70. The van der Waals surface area contributed by atoms with Gasteiger partial charge in [-0.2, -0.15) is 5.10 Å². The van der Waals surface area contributed by atoms with Gasteiger partial charge in [-0.15, -0.1) is 0 Å². The quantitative estimate of drug-likeness (QED) is 0.661. The molecule has 1 heterocycles. The van der Waals surface area contributed by atoms with Crippen molar-refractivity contribution < 1.29 is 14.7 Å². The Morgan fingerprint density at radius 3 is 2.89 bits per heavy atom. The number of hydrogen-bond donors (Lipinski definition) is 4. The number of hydrogen-bond acceptors (Lipinski definition) is 3. The molecule has 2 unspecified atom stereocenters. The molecule has 1 aromatic heterocycles. The summed E-state index contributed by atoms with van der Waals surface area (Å²) in [6.45, 7) is 0.390. The second-order valence-electron chi connectivity index (χ2n) is 4.81. The Morgan fingerprint density at radius 1 is 1.42 bits per heavy atom. The number of anilines is 1. The first-order chi connectivity index (χ1) is 9.16. The maximum absolute atomic E-state index is 11.6. The molecule has 104 valence electrons. The number of rotatable bonds is 4. The summed E-state index contributed by atoms with van der Waals surface area (Å²) in [4.78, 5) is 22.7. The van der Waals surface area contributed by atoms with Crippen LogP contribution in [0.25, 0.3) is 0 Å². The Labute approximate surface area is 110 Å². The molecule has 2 rings (SSSR count). The molecule has 1 aliphatic carbocycles. The Bertz CT molecular complexity index is 432. The minimum Gasteiger partial charge on any atom is -0.481 e. The van der Waals surface area contributed by atoms with Crippen LogP contribution in [-0.2, 0) is 4.79 Å². The van der Waals surface area contributed by atoms with Crippen LogP contribution in [0.5, 0.6) is 0 Å². The Kier molecular flexibility index (Phi) is 4.38. The SMILES string of the molecule is O=C(NCC1CCCCC1C(=O)O)Nc1cn[nH]c1. The van der Waals surface area contributed by atoms with Crippen molar-refractivity contribution >= 4 is 17.7 Å². The molecule has 1 saturated carbocycles. The van der Waals surface area contributed by atoms with Gasteiger partial charge in [0.15, 0.2) is 0 Å². The van der Waals surface area contributed by atoms with E-state index in [2.05, 4.69) is 20.8 Å². The maximum atomic E-state index is 11.6. The molecule has 19 heavy (non-hydrogen) atoms. The molecular formula is C12H18N4O3. The average Bonchev–Trinajstić information content (AvgIpc) is 2.89. The molecule has 1 fully saturated rings. The van der Waals surface area contributed by atoms with Crippen molar-refractivity contribution in [1.82, 2.24) is 15.5 Å². The molecule has 0 aromatic carbocycles. The summed E-state index contributed by atoms with van der Waals surface area (Å²) in [7, 11) is 0. The zero-order valence-electron chi connectivity index (χ0n) is 10.6. The van der Waals surface area contributed by atoms with Crippen molar-refractivity contribution in [2.45, 2.75) is 25.7 Å². The first-order valence-electron chi connectivity index (χ1n) is 6.43. The van der Waals surface area contributed by atoms with Crippen molar-refractivity contribution in [3.63, 3.8) is 0 Å². The summed E-state index contributed by atoms with van der Waals surface area (Å²) >= 11 is 0. The van der Waals surface area contributed by atoms with Gasteiger partial charge in [0.05, 0.1) is 17.8 Å². The van der Waals surface area contributed by atoms with Crippen molar-refractivity contribution in [1.29, 1.82) is 0 Å². The lowest BCUT2D eigenvalue weighted by Crippen LogP contribution is -2.38. The van der Waals surface area contributed by atoms with E-state index < -0.39 is 5.97 Å². The molecule has 0 spiro atoms. The molecule has 0 radical (unpaired) electrons. The van der Waals surface area contributed by atoms with Crippen LogP contribution < -0.4 is 10.6 Å². The Morgan fingerprint density at radius 2 is 2.21 bits per heavy atom. The molecule has 0 bridgehead atoms. The van der Waals surface area contributed by atoms with Crippen molar-refractivity contribution in [3.05, 3.63) is 12.4 Å². The van der Waals surface area contributed by atoms with Crippen LogP contribution in [0.2, 0.25) is 0 Å². The van der Waals surface area contributed by atoms with Gasteiger partial charge in [-0.05, 0) is 18.8 Å². The number of amides is 2. The number of H-pyrrole nitrogens is 1. The summed E-state index contributed by atoms with van der Waals surface area (Å²) in [5.41, 5.74) is 0.580. The van der Waals surface area contributed by atoms with Gasteiger partial charge in [0.25, 0.3) is 0 Å². The zero-order chi connectivity index (χ0) is 13.7. The van der Waals surface area contributed by atoms with Gasteiger partial charge in [-0.1, -0.05) is 12.8 Å². The van der Waals surface area contributed by atoms with E-state index in [-0.39, 0.29) is 17.9 Å². The molecule has 1 aromatic rings. The topological polar surface area (TPSA) is 107 Å². The van der Waals surface area contributed by atoms with Gasteiger partial charge in [0.2, 0.25) is 0 Å². The number of aliphatic carboxylic acids is 1. The highest BCUT2D eigenvalue weighted by molar-refractivity contribution is 5.88. The van der Waals surface area contributed by atoms with E-state index >= 15 is 0 Å². The number of aromatic nitrogens is 2. The van der Waals surface area contributed by atoms with E-state index in [0.29, 0.717) is 18.7 Å². The fourth-order valence-corrected chi connectivity index (χ4v) is 2.50. The van der Waals surface area contributed by atoms with E-state index in [1.807, 2.05) is 0 Å². The molecular weight excluding hydrogens is 248 g/mol. The predicted octanol–water partition coefficient (Wildman–Crippen LogP) is 1.42.